The van der Waals surface area contributed by atoms with Gasteiger partial charge < -0.3 is 14.6 Å². The van der Waals surface area contributed by atoms with E-state index in [1.165, 1.54) is 4.90 Å². The normalized spacial score (nSPS) is 11.0. The lowest BCUT2D eigenvalue weighted by Crippen LogP contribution is -2.48. The third-order valence-corrected chi connectivity index (χ3v) is 3.55. The average Bonchev–Trinajstić information content (AvgIpc) is 3.05. The van der Waals surface area contributed by atoms with Crippen molar-refractivity contribution in [2.75, 3.05) is 11.9 Å². The zero-order valence-electron chi connectivity index (χ0n) is 13.0. The van der Waals surface area contributed by atoms with E-state index >= 15 is 0 Å². The van der Waals surface area contributed by atoms with E-state index in [0.29, 0.717) is 5.76 Å². The molecule has 0 radical (unpaired) electrons. The van der Waals surface area contributed by atoms with Gasteiger partial charge in [0.25, 0.3) is 0 Å². The van der Waals surface area contributed by atoms with Crippen LogP contribution in [-0.4, -0.2) is 18.9 Å². The molecule has 0 bridgehead atoms. The van der Waals surface area contributed by atoms with Crippen LogP contribution in [0.15, 0.2) is 53.1 Å². The number of furan rings is 1. The second-order valence-corrected chi connectivity index (χ2v) is 5.59. The van der Waals surface area contributed by atoms with Gasteiger partial charge in [-0.1, -0.05) is 18.2 Å². The van der Waals surface area contributed by atoms with E-state index in [1.807, 2.05) is 30.3 Å². The molecule has 1 heterocycles. The molecule has 1 aromatic carbocycles. The molecule has 2 amide bonds. The van der Waals surface area contributed by atoms with Crippen LogP contribution < -0.4 is 10.2 Å². The van der Waals surface area contributed by atoms with E-state index < -0.39 is 5.41 Å². The Morgan fingerprint density at radius 1 is 1.14 bits per heavy atom. The molecule has 22 heavy (non-hydrogen) atoms. The van der Waals surface area contributed by atoms with Gasteiger partial charge in [0.2, 0.25) is 11.8 Å². The van der Waals surface area contributed by atoms with Crippen LogP contribution in [0.25, 0.3) is 0 Å². The summed E-state index contributed by atoms with van der Waals surface area (Å²) < 4.78 is 5.16. The van der Waals surface area contributed by atoms with Crippen molar-refractivity contribution in [3.8, 4) is 0 Å². The number of amides is 2. The highest BCUT2D eigenvalue weighted by atomic mass is 16.3. The van der Waals surface area contributed by atoms with Gasteiger partial charge in [0.05, 0.1) is 12.8 Å². The molecular weight excluding hydrogens is 280 g/mol. The van der Waals surface area contributed by atoms with Gasteiger partial charge in [-0.3, -0.25) is 9.59 Å². The topological polar surface area (TPSA) is 62.6 Å². The van der Waals surface area contributed by atoms with Crippen LogP contribution in [0.1, 0.15) is 19.6 Å². The Kier molecular flexibility index (Phi) is 4.65. The van der Waals surface area contributed by atoms with Crippen molar-refractivity contribution in [2.45, 2.75) is 20.4 Å². The summed E-state index contributed by atoms with van der Waals surface area (Å²) >= 11 is 0. The molecule has 1 N–H and O–H groups in total. The fraction of sp³-hybridized carbons (Fsp3) is 0.294. The largest absolute Gasteiger partial charge is 0.467 e. The van der Waals surface area contributed by atoms with Crippen molar-refractivity contribution in [3.05, 3.63) is 54.5 Å². The van der Waals surface area contributed by atoms with E-state index in [-0.39, 0.29) is 18.4 Å². The molecule has 0 fully saturated rings. The summed E-state index contributed by atoms with van der Waals surface area (Å²) in [6, 6.07) is 12.8. The number of para-hydroxylation sites is 1. The Balaban J connectivity index is 2.04. The van der Waals surface area contributed by atoms with E-state index in [1.54, 1.807) is 39.3 Å². The van der Waals surface area contributed by atoms with Crippen molar-refractivity contribution in [2.24, 2.45) is 5.41 Å². The van der Waals surface area contributed by atoms with E-state index in [2.05, 4.69) is 5.32 Å². The van der Waals surface area contributed by atoms with Crippen LogP contribution in [0.5, 0.6) is 0 Å². The molecule has 5 heteroatoms. The van der Waals surface area contributed by atoms with Crippen molar-refractivity contribution in [1.29, 1.82) is 0 Å². The lowest BCUT2D eigenvalue weighted by molar-refractivity contribution is -0.139. The van der Waals surface area contributed by atoms with E-state index in [4.69, 9.17) is 4.42 Å². The Bertz CT molecular complexity index is 633. The highest BCUT2D eigenvalue weighted by Crippen LogP contribution is 2.23. The molecule has 0 aliphatic carbocycles. The van der Waals surface area contributed by atoms with Crippen LogP contribution in [0.3, 0.4) is 0 Å². The summed E-state index contributed by atoms with van der Waals surface area (Å²) in [6.45, 7) is 3.50. The van der Waals surface area contributed by atoms with Crippen LogP contribution in [-0.2, 0) is 16.1 Å². The molecule has 5 nitrogen and oxygen atoms in total. The fourth-order valence-electron chi connectivity index (χ4n) is 2.09. The number of anilines is 1. The molecule has 0 saturated heterocycles. The van der Waals surface area contributed by atoms with Gasteiger partial charge in [0.15, 0.2) is 0 Å². The first kappa shape index (κ1) is 15.8. The van der Waals surface area contributed by atoms with Gasteiger partial charge in [-0.2, -0.15) is 0 Å². The number of benzene rings is 1. The van der Waals surface area contributed by atoms with Gasteiger partial charge in [0.1, 0.15) is 11.2 Å². The van der Waals surface area contributed by atoms with Gasteiger partial charge in [0, 0.05) is 12.7 Å². The molecule has 0 spiro atoms. The zero-order chi connectivity index (χ0) is 16.2. The smallest absolute Gasteiger partial charge is 0.241 e. The summed E-state index contributed by atoms with van der Waals surface area (Å²) in [5.41, 5.74) is -0.420. The Labute approximate surface area is 129 Å². The lowest BCUT2D eigenvalue weighted by Gasteiger charge is -2.28. The monoisotopic (exact) mass is 300 g/mol. The highest BCUT2D eigenvalue weighted by molar-refractivity contribution is 6.10. The molecule has 0 saturated carbocycles. The third kappa shape index (κ3) is 3.36. The van der Waals surface area contributed by atoms with Crippen molar-refractivity contribution >= 4 is 17.5 Å². The first-order valence-electron chi connectivity index (χ1n) is 7.07. The summed E-state index contributed by atoms with van der Waals surface area (Å²) in [5, 5.41) is 2.73. The number of rotatable bonds is 5. The Hall–Kier alpha value is -2.56. The predicted octanol–water partition coefficient (Wildman–Crippen LogP) is 2.58. The maximum atomic E-state index is 12.6. The summed E-state index contributed by atoms with van der Waals surface area (Å²) in [5.74, 6) is 0.0420. The molecule has 2 aromatic rings. The van der Waals surface area contributed by atoms with Crippen LogP contribution >= 0.6 is 0 Å². The number of hydrogen-bond donors (Lipinski definition) is 1. The summed E-state index contributed by atoms with van der Waals surface area (Å²) in [7, 11) is 1.67. The molecule has 0 atom stereocenters. The standard InChI is InChI=1S/C17H20N2O3/c1-17(2,15(20)18-12-14-10-7-11-22-14)16(21)19(3)13-8-5-4-6-9-13/h4-11H,12H2,1-3H3,(H,18,20). The van der Waals surface area contributed by atoms with Gasteiger partial charge in [-0.15, -0.1) is 0 Å². The number of carbonyl (C=O) groups excluding carboxylic acids is 2. The van der Waals surface area contributed by atoms with Gasteiger partial charge >= 0.3 is 0 Å². The fourth-order valence-corrected chi connectivity index (χ4v) is 2.09. The minimum absolute atomic E-state index is 0.262. The molecule has 0 unspecified atom stereocenters. The first-order valence-corrected chi connectivity index (χ1v) is 7.07. The Morgan fingerprint density at radius 2 is 1.82 bits per heavy atom. The number of carbonyl (C=O) groups is 2. The van der Waals surface area contributed by atoms with Crippen molar-refractivity contribution < 1.29 is 14.0 Å². The first-order chi connectivity index (χ1) is 10.4. The summed E-state index contributed by atoms with van der Waals surface area (Å²) in [6.07, 6.45) is 1.54. The van der Waals surface area contributed by atoms with Crippen molar-refractivity contribution in [3.63, 3.8) is 0 Å². The molecule has 0 aliphatic rings. The number of nitrogens with zero attached hydrogens (tertiary/aromatic N) is 1. The maximum Gasteiger partial charge on any atom is 0.241 e. The van der Waals surface area contributed by atoms with Crippen LogP contribution in [0.2, 0.25) is 0 Å². The van der Waals surface area contributed by atoms with Crippen LogP contribution in [0, 0.1) is 5.41 Å². The predicted molar refractivity (Wildman–Crippen MR) is 84.2 cm³/mol. The third-order valence-electron chi connectivity index (χ3n) is 3.55. The van der Waals surface area contributed by atoms with Gasteiger partial charge in [-0.25, -0.2) is 0 Å². The molecule has 116 valence electrons. The minimum atomic E-state index is -1.17. The van der Waals surface area contributed by atoms with Crippen molar-refractivity contribution in [1.82, 2.24) is 5.32 Å². The van der Waals surface area contributed by atoms with Crippen LogP contribution in [0.4, 0.5) is 5.69 Å². The number of nitrogens with one attached hydrogen (secondary N) is 1. The van der Waals surface area contributed by atoms with E-state index in [9.17, 15) is 9.59 Å². The summed E-state index contributed by atoms with van der Waals surface area (Å²) in [4.78, 5) is 26.4. The second-order valence-electron chi connectivity index (χ2n) is 5.59. The SMILES string of the molecule is CN(C(=O)C(C)(C)C(=O)NCc1ccco1)c1ccccc1. The number of hydrogen-bond acceptors (Lipinski definition) is 3. The quantitative estimate of drug-likeness (QED) is 0.863. The average molecular weight is 300 g/mol. The van der Waals surface area contributed by atoms with Gasteiger partial charge in [-0.05, 0) is 38.1 Å². The molecule has 1 aromatic heterocycles. The molecular formula is C17H20N2O3. The highest BCUT2D eigenvalue weighted by Gasteiger charge is 2.38. The maximum absolute atomic E-state index is 12.6. The van der Waals surface area contributed by atoms with E-state index in [0.717, 1.165) is 5.69 Å². The zero-order valence-corrected chi connectivity index (χ0v) is 13.0. The molecule has 0 aliphatic heterocycles. The second kappa shape index (κ2) is 6.47. The minimum Gasteiger partial charge on any atom is -0.467 e. The molecule has 2 rings (SSSR count). The Morgan fingerprint density at radius 3 is 2.41 bits per heavy atom. The lowest BCUT2D eigenvalue weighted by atomic mass is 9.90.